The Morgan fingerprint density at radius 1 is 1.12 bits per heavy atom. The van der Waals surface area contributed by atoms with Crippen LogP contribution in [0, 0.1) is 11.3 Å². The van der Waals surface area contributed by atoms with Gasteiger partial charge in [0.1, 0.15) is 11.6 Å². The van der Waals surface area contributed by atoms with Crippen molar-refractivity contribution < 1.29 is 14.4 Å². The lowest BCUT2D eigenvalue weighted by molar-refractivity contribution is -0.146. The molecule has 4 fully saturated rings. The van der Waals surface area contributed by atoms with Crippen molar-refractivity contribution in [3.05, 3.63) is 47.1 Å². The summed E-state index contributed by atoms with van der Waals surface area (Å²) >= 11 is 0. The van der Waals surface area contributed by atoms with Crippen LogP contribution >= 0.6 is 0 Å². The number of likely N-dealkylation sites (tertiary alicyclic amines) is 2. The van der Waals surface area contributed by atoms with E-state index in [1.807, 2.05) is 30.1 Å². The fraction of sp³-hybridized carbons (Fsp3) is 0.606. The maximum absolute atomic E-state index is 14.3. The zero-order chi connectivity index (χ0) is 29.6. The predicted octanol–water partition coefficient (Wildman–Crippen LogP) is 2.99. The summed E-state index contributed by atoms with van der Waals surface area (Å²) in [5, 5.41) is 14.7. The molecule has 1 aromatic carbocycles. The lowest BCUT2D eigenvalue weighted by Gasteiger charge is -2.36. The number of fused-ring (bicyclic) bond motifs is 1. The Hall–Kier alpha value is -3.53. The van der Waals surface area contributed by atoms with Crippen LogP contribution in [-0.4, -0.2) is 80.8 Å². The van der Waals surface area contributed by atoms with Crippen molar-refractivity contribution in [1.82, 2.24) is 35.4 Å². The molecule has 1 saturated carbocycles. The first-order chi connectivity index (χ1) is 20.9. The average Bonchev–Trinajstić information content (AvgIpc) is 3.40. The van der Waals surface area contributed by atoms with Gasteiger partial charge in [0.05, 0.1) is 17.5 Å². The lowest BCUT2D eigenvalue weighted by Crippen LogP contribution is -2.59. The van der Waals surface area contributed by atoms with Crippen LogP contribution in [0.3, 0.4) is 0 Å². The van der Waals surface area contributed by atoms with Gasteiger partial charge in [0.2, 0.25) is 17.7 Å². The molecular weight excluding hydrogens is 542 g/mol. The van der Waals surface area contributed by atoms with Crippen LogP contribution in [0.15, 0.2) is 41.5 Å². The van der Waals surface area contributed by atoms with Crippen molar-refractivity contribution in [3.63, 3.8) is 0 Å². The number of carbonyl (C=O) groups excluding carboxylic acids is 3. The van der Waals surface area contributed by atoms with Gasteiger partial charge in [-0.3, -0.25) is 14.4 Å². The van der Waals surface area contributed by atoms with E-state index >= 15 is 0 Å². The van der Waals surface area contributed by atoms with E-state index in [-0.39, 0.29) is 23.6 Å². The number of nitrogens with zero attached hydrogens (tertiary/aromatic N) is 5. The van der Waals surface area contributed by atoms with E-state index in [4.69, 9.17) is 0 Å². The highest BCUT2D eigenvalue weighted by Crippen LogP contribution is 2.55. The number of amides is 3. The van der Waals surface area contributed by atoms with E-state index in [1.165, 1.54) is 24.8 Å². The summed E-state index contributed by atoms with van der Waals surface area (Å²) in [7, 11) is 1.85. The summed E-state index contributed by atoms with van der Waals surface area (Å²) in [6.45, 7) is 3.01. The van der Waals surface area contributed by atoms with Gasteiger partial charge in [-0.15, -0.1) is 5.10 Å². The van der Waals surface area contributed by atoms with Crippen molar-refractivity contribution in [2.24, 2.45) is 18.4 Å². The van der Waals surface area contributed by atoms with Crippen LogP contribution in [0.2, 0.25) is 0 Å². The molecule has 2 aliphatic carbocycles. The van der Waals surface area contributed by atoms with E-state index in [1.54, 1.807) is 9.58 Å². The van der Waals surface area contributed by atoms with E-state index in [0.717, 1.165) is 67.4 Å². The summed E-state index contributed by atoms with van der Waals surface area (Å²) in [4.78, 5) is 45.2. The molecule has 1 spiro atoms. The second-order valence-corrected chi connectivity index (χ2v) is 13.4. The maximum Gasteiger partial charge on any atom is 0.243 e. The molecule has 3 atom stereocenters. The number of rotatable bonds is 6. The van der Waals surface area contributed by atoms with Crippen molar-refractivity contribution in [3.8, 4) is 0 Å². The normalized spacial score (nSPS) is 27.6. The van der Waals surface area contributed by atoms with Crippen molar-refractivity contribution >= 4 is 28.8 Å². The van der Waals surface area contributed by atoms with Gasteiger partial charge in [0.15, 0.2) is 0 Å². The highest BCUT2D eigenvalue weighted by Gasteiger charge is 2.46. The third-order valence-electron chi connectivity index (χ3n) is 10.5. The van der Waals surface area contributed by atoms with Crippen LogP contribution < -0.4 is 10.6 Å². The Labute approximate surface area is 252 Å². The topological polar surface area (TPSA) is 112 Å². The number of piperidine rings is 1. The van der Waals surface area contributed by atoms with Gasteiger partial charge >= 0.3 is 0 Å². The number of nitrogens with one attached hydrogen (secondary N) is 2. The van der Waals surface area contributed by atoms with Gasteiger partial charge in [-0.05, 0) is 99.4 Å². The fourth-order valence-corrected chi connectivity index (χ4v) is 7.58. The average molecular weight is 586 g/mol. The molecule has 0 radical (unpaired) electrons. The monoisotopic (exact) mass is 585 g/mol. The summed E-state index contributed by atoms with van der Waals surface area (Å²) in [6.07, 6.45) is 14.9. The summed E-state index contributed by atoms with van der Waals surface area (Å²) in [6, 6.07) is 4.66. The van der Waals surface area contributed by atoms with Gasteiger partial charge in [-0.1, -0.05) is 29.0 Å². The molecule has 3 amide bonds. The molecule has 228 valence electrons. The number of hydrogen-bond donors (Lipinski definition) is 2. The molecule has 5 aliphatic rings. The second-order valence-electron chi connectivity index (χ2n) is 13.4. The van der Waals surface area contributed by atoms with E-state index in [0.29, 0.717) is 37.9 Å². The van der Waals surface area contributed by atoms with Crippen LogP contribution in [0.1, 0.15) is 69.8 Å². The number of aryl methyl sites for hydroxylation is 1. The molecule has 0 unspecified atom stereocenters. The molecule has 3 saturated heterocycles. The Kier molecular flexibility index (Phi) is 7.57. The molecule has 2 aromatic rings. The summed E-state index contributed by atoms with van der Waals surface area (Å²) in [5.41, 5.74) is 5.64. The van der Waals surface area contributed by atoms with E-state index < -0.39 is 12.1 Å². The van der Waals surface area contributed by atoms with Crippen LogP contribution in [0.5, 0.6) is 0 Å². The Bertz CT molecular complexity index is 1480. The molecule has 10 heteroatoms. The Morgan fingerprint density at radius 2 is 1.95 bits per heavy atom. The molecule has 4 heterocycles. The standard InChI is InChI=1S/C33H43N7O3/c1-38-27-7-6-23(18-26(27)36-37-38)20-35-30(41)28-19-24(17-22-8-10-33(11-9-22)12-13-33)21-40(28)32(43)29-25(5-4-14-34-29)31(42)39-15-2-3-16-39/h6-8,17-18,25,28-29,34H,2-5,9-16,19-21H2,1H3,(H,35,41)/b24-17-/t25-,28-,29+/m0/s1. The molecule has 10 nitrogen and oxygen atoms in total. The highest BCUT2D eigenvalue weighted by molar-refractivity contribution is 5.95. The number of carbonyl (C=O) groups is 3. The van der Waals surface area contributed by atoms with E-state index in [9.17, 15) is 14.4 Å². The molecule has 43 heavy (non-hydrogen) atoms. The molecule has 1 aromatic heterocycles. The van der Waals surface area contributed by atoms with Crippen molar-refractivity contribution in [2.75, 3.05) is 26.2 Å². The fourth-order valence-electron chi connectivity index (χ4n) is 7.58. The minimum absolute atomic E-state index is 0.0831. The molecule has 3 aliphatic heterocycles. The molecule has 7 rings (SSSR count). The van der Waals surface area contributed by atoms with Gasteiger partial charge < -0.3 is 20.4 Å². The van der Waals surface area contributed by atoms with Gasteiger partial charge in [-0.2, -0.15) is 0 Å². The third-order valence-corrected chi connectivity index (χ3v) is 10.5. The zero-order valence-electron chi connectivity index (χ0n) is 25.2. The number of aromatic nitrogens is 3. The van der Waals surface area contributed by atoms with Crippen LogP contribution in [-0.2, 0) is 28.0 Å². The quantitative estimate of drug-likeness (QED) is 0.539. The Morgan fingerprint density at radius 3 is 2.72 bits per heavy atom. The SMILES string of the molecule is Cn1nnc2cc(CNC(=O)[C@@H]3C/C(=C/C4=CCC5(CC4)CC5)CN3C(=O)[C@@H]3NCCC[C@@H]3C(=O)N3CCCC3)ccc21. The lowest BCUT2D eigenvalue weighted by atomic mass is 9.86. The molecule has 0 bridgehead atoms. The summed E-state index contributed by atoms with van der Waals surface area (Å²) in [5.74, 6) is -0.592. The van der Waals surface area contributed by atoms with Gasteiger partial charge in [-0.25, -0.2) is 4.68 Å². The number of benzene rings is 1. The van der Waals surface area contributed by atoms with Crippen LogP contribution in [0.4, 0.5) is 0 Å². The Balaban J connectivity index is 1.10. The number of hydrogen-bond acceptors (Lipinski definition) is 6. The second kappa shape index (κ2) is 11.5. The third kappa shape index (κ3) is 5.73. The van der Waals surface area contributed by atoms with Crippen molar-refractivity contribution in [2.45, 2.75) is 82.8 Å². The summed E-state index contributed by atoms with van der Waals surface area (Å²) < 4.78 is 1.72. The van der Waals surface area contributed by atoms with Gasteiger partial charge in [0, 0.05) is 33.2 Å². The largest absolute Gasteiger partial charge is 0.350 e. The van der Waals surface area contributed by atoms with Crippen LogP contribution in [0.25, 0.3) is 11.0 Å². The van der Waals surface area contributed by atoms with Gasteiger partial charge in [0.25, 0.3) is 0 Å². The first-order valence-electron chi connectivity index (χ1n) is 16.2. The first-order valence-corrected chi connectivity index (χ1v) is 16.2. The maximum atomic E-state index is 14.3. The smallest absolute Gasteiger partial charge is 0.243 e. The minimum Gasteiger partial charge on any atom is -0.350 e. The van der Waals surface area contributed by atoms with E-state index in [2.05, 4.69) is 33.1 Å². The minimum atomic E-state index is -0.607. The highest BCUT2D eigenvalue weighted by atomic mass is 16.2. The predicted molar refractivity (Wildman–Crippen MR) is 162 cm³/mol. The zero-order valence-corrected chi connectivity index (χ0v) is 25.2. The van der Waals surface area contributed by atoms with Crippen molar-refractivity contribution in [1.29, 1.82) is 0 Å². The molecule has 2 N–H and O–H groups in total. The number of allylic oxidation sites excluding steroid dienone is 3. The molecular formula is C33H43N7O3. The first kappa shape index (κ1) is 28.3.